The van der Waals surface area contributed by atoms with Crippen molar-refractivity contribution in [1.82, 2.24) is 19.1 Å². The second-order valence-electron chi connectivity index (χ2n) is 18.0. The standard InChI is InChI=1S/C66H42N4/c1-3-19-45(20-4-1)65-67-57-31-15-17-33-59(57)69(65)47-39-35-43(36-40-47)61-49-23-7-11-27-53(49)63(54-28-12-8-24-50(54)61)64-55-29-13-9-25-51(55)62(52-26-10-14-30-56(52)64)44-37-41-48(42-38-44)70-60-34-18-16-32-58(60)68-66(70)46-21-5-2-6-22-46/h1-42H. The van der Waals surface area contributed by atoms with Gasteiger partial charge >= 0.3 is 0 Å². The highest BCUT2D eigenvalue weighted by molar-refractivity contribution is 6.30. The van der Waals surface area contributed by atoms with Gasteiger partial charge in [0, 0.05) is 22.5 Å². The normalized spacial score (nSPS) is 11.7. The van der Waals surface area contributed by atoms with E-state index in [4.69, 9.17) is 9.97 Å². The number of rotatable bonds is 7. The van der Waals surface area contributed by atoms with Crippen LogP contribution in [0.1, 0.15) is 0 Å². The van der Waals surface area contributed by atoms with E-state index in [1.165, 1.54) is 76.5 Å². The zero-order valence-corrected chi connectivity index (χ0v) is 38.0. The Kier molecular flexibility index (Phi) is 9.17. The van der Waals surface area contributed by atoms with E-state index in [0.717, 1.165) is 56.2 Å². The van der Waals surface area contributed by atoms with Crippen LogP contribution in [0.3, 0.4) is 0 Å². The maximum Gasteiger partial charge on any atom is 0.145 e. The van der Waals surface area contributed by atoms with Crippen LogP contribution in [-0.4, -0.2) is 19.1 Å². The minimum absolute atomic E-state index is 0.929. The lowest BCUT2D eigenvalue weighted by Gasteiger charge is -2.22. The number of hydrogen-bond donors (Lipinski definition) is 0. The number of aromatic nitrogens is 4. The third-order valence-corrected chi connectivity index (χ3v) is 14.1. The van der Waals surface area contributed by atoms with E-state index in [-0.39, 0.29) is 0 Å². The Morgan fingerprint density at radius 1 is 0.214 bits per heavy atom. The number of nitrogens with zero attached hydrogens (tertiary/aromatic N) is 4. The lowest BCUT2D eigenvalue weighted by molar-refractivity contribution is 1.10. The molecule has 0 saturated carbocycles. The van der Waals surface area contributed by atoms with Crippen LogP contribution < -0.4 is 0 Å². The quantitative estimate of drug-likeness (QED) is 0.149. The fraction of sp³-hybridized carbons (Fsp3) is 0. The average Bonchev–Trinajstić information content (AvgIpc) is 4.02. The molecule has 0 fully saturated rings. The van der Waals surface area contributed by atoms with E-state index in [1.54, 1.807) is 0 Å². The molecular weight excluding hydrogens is 849 g/mol. The van der Waals surface area contributed by atoms with Crippen molar-refractivity contribution >= 4 is 65.2 Å². The van der Waals surface area contributed by atoms with Crippen molar-refractivity contribution in [2.75, 3.05) is 0 Å². The summed E-state index contributed by atoms with van der Waals surface area (Å²) in [7, 11) is 0. The zero-order valence-electron chi connectivity index (χ0n) is 38.0. The highest BCUT2D eigenvalue weighted by Gasteiger charge is 2.23. The monoisotopic (exact) mass is 890 g/mol. The Balaban J connectivity index is 0.948. The van der Waals surface area contributed by atoms with Gasteiger partial charge in [-0.25, -0.2) is 9.97 Å². The fourth-order valence-electron chi connectivity index (χ4n) is 11.1. The van der Waals surface area contributed by atoms with E-state index in [0.29, 0.717) is 0 Å². The van der Waals surface area contributed by atoms with Gasteiger partial charge in [0.1, 0.15) is 11.6 Å². The average molecular weight is 891 g/mol. The third kappa shape index (κ3) is 6.24. The third-order valence-electron chi connectivity index (χ3n) is 14.1. The molecule has 0 radical (unpaired) electrons. The van der Waals surface area contributed by atoms with Gasteiger partial charge in [-0.3, -0.25) is 9.13 Å². The van der Waals surface area contributed by atoms with E-state index in [9.17, 15) is 0 Å². The first-order valence-electron chi connectivity index (χ1n) is 23.9. The molecular formula is C66H42N4. The Bertz CT molecular complexity index is 3920. The predicted octanol–water partition coefficient (Wildman–Crippen LogP) is 17.3. The molecule has 12 aromatic carbocycles. The van der Waals surface area contributed by atoms with Gasteiger partial charge in [-0.05, 0) is 125 Å². The van der Waals surface area contributed by atoms with Crippen LogP contribution >= 0.6 is 0 Å². The van der Waals surface area contributed by atoms with E-state index in [2.05, 4.69) is 264 Å². The van der Waals surface area contributed by atoms with Crippen LogP contribution in [0.5, 0.6) is 0 Å². The number of para-hydroxylation sites is 4. The Morgan fingerprint density at radius 3 is 0.814 bits per heavy atom. The van der Waals surface area contributed by atoms with Crippen LogP contribution in [0.15, 0.2) is 255 Å². The van der Waals surface area contributed by atoms with Gasteiger partial charge in [0.2, 0.25) is 0 Å². The van der Waals surface area contributed by atoms with Crippen LogP contribution in [0, 0.1) is 0 Å². The second kappa shape index (κ2) is 16.2. The smallest absolute Gasteiger partial charge is 0.145 e. The predicted molar refractivity (Wildman–Crippen MR) is 293 cm³/mol. The van der Waals surface area contributed by atoms with E-state index >= 15 is 0 Å². The van der Waals surface area contributed by atoms with E-state index in [1.807, 2.05) is 0 Å². The summed E-state index contributed by atoms with van der Waals surface area (Å²) in [5.41, 5.74) is 15.7. The Hall–Kier alpha value is -9.38. The summed E-state index contributed by atoms with van der Waals surface area (Å²) < 4.78 is 4.57. The van der Waals surface area contributed by atoms with Crippen molar-refractivity contribution in [3.8, 4) is 67.5 Å². The summed E-state index contributed by atoms with van der Waals surface area (Å²) in [6.45, 7) is 0. The highest BCUT2D eigenvalue weighted by Crippen LogP contribution is 2.50. The SMILES string of the molecule is c1ccc(-c2nc3ccccc3n2-c2ccc(-c3c4ccccc4c(-c4c5ccccc5c(-c5ccc(-n6c(-c7ccccc7)nc7ccccc76)cc5)c5ccccc45)c4ccccc34)cc2)cc1. The Morgan fingerprint density at radius 2 is 0.486 bits per heavy atom. The fourth-order valence-corrected chi connectivity index (χ4v) is 11.1. The summed E-state index contributed by atoms with van der Waals surface area (Å²) >= 11 is 0. The molecule has 2 heterocycles. The van der Waals surface area contributed by atoms with Gasteiger partial charge in [-0.2, -0.15) is 0 Å². The number of fused-ring (bicyclic) bond motifs is 6. The molecule has 0 aliphatic carbocycles. The minimum Gasteiger partial charge on any atom is -0.292 e. The molecule has 0 unspecified atom stereocenters. The molecule has 0 aliphatic rings. The molecule has 14 rings (SSSR count). The van der Waals surface area contributed by atoms with Gasteiger partial charge < -0.3 is 0 Å². The number of hydrogen-bond acceptors (Lipinski definition) is 2. The minimum atomic E-state index is 0.929. The first-order chi connectivity index (χ1) is 34.8. The molecule has 4 heteroatoms. The maximum atomic E-state index is 5.12. The summed E-state index contributed by atoms with van der Waals surface area (Å²) in [5, 5.41) is 9.77. The van der Waals surface area contributed by atoms with Crippen molar-refractivity contribution in [2.45, 2.75) is 0 Å². The van der Waals surface area contributed by atoms with Crippen LogP contribution in [0.25, 0.3) is 133 Å². The molecule has 0 aliphatic heterocycles. The molecule has 0 amide bonds. The van der Waals surface area contributed by atoms with Crippen molar-refractivity contribution in [3.05, 3.63) is 255 Å². The Labute approximate surface area is 404 Å². The first kappa shape index (κ1) is 39.8. The summed E-state index contributed by atoms with van der Waals surface area (Å²) in [4.78, 5) is 10.2. The maximum absolute atomic E-state index is 5.12. The van der Waals surface area contributed by atoms with Crippen molar-refractivity contribution in [1.29, 1.82) is 0 Å². The number of benzene rings is 12. The van der Waals surface area contributed by atoms with E-state index < -0.39 is 0 Å². The van der Waals surface area contributed by atoms with Crippen molar-refractivity contribution in [3.63, 3.8) is 0 Å². The zero-order chi connectivity index (χ0) is 46.1. The van der Waals surface area contributed by atoms with Crippen LogP contribution in [0.2, 0.25) is 0 Å². The van der Waals surface area contributed by atoms with Gasteiger partial charge in [-0.1, -0.05) is 206 Å². The molecule has 326 valence electrons. The summed E-state index contributed by atoms with van der Waals surface area (Å²) in [6.07, 6.45) is 0. The molecule has 4 nitrogen and oxygen atoms in total. The molecule has 0 N–H and O–H groups in total. The lowest BCUT2D eigenvalue weighted by Crippen LogP contribution is -1.98. The highest BCUT2D eigenvalue weighted by atomic mass is 15.1. The van der Waals surface area contributed by atoms with Gasteiger partial charge in [-0.15, -0.1) is 0 Å². The van der Waals surface area contributed by atoms with Crippen LogP contribution in [-0.2, 0) is 0 Å². The molecule has 0 atom stereocenters. The van der Waals surface area contributed by atoms with Crippen molar-refractivity contribution < 1.29 is 0 Å². The molecule has 14 aromatic rings. The molecule has 2 aromatic heterocycles. The molecule has 0 saturated heterocycles. The van der Waals surface area contributed by atoms with Crippen molar-refractivity contribution in [2.24, 2.45) is 0 Å². The second-order valence-corrected chi connectivity index (χ2v) is 18.0. The van der Waals surface area contributed by atoms with Gasteiger partial charge in [0.25, 0.3) is 0 Å². The topological polar surface area (TPSA) is 35.6 Å². The lowest BCUT2D eigenvalue weighted by atomic mass is 9.81. The van der Waals surface area contributed by atoms with Crippen LogP contribution in [0.4, 0.5) is 0 Å². The van der Waals surface area contributed by atoms with Gasteiger partial charge in [0.15, 0.2) is 0 Å². The molecule has 0 bridgehead atoms. The molecule has 0 spiro atoms. The first-order valence-corrected chi connectivity index (χ1v) is 23.9. The summed E-state index contributed by atoms with van der Waals surface area (Å²) in [6, 6.07) is 91.9. The summed E-state index contributed by atoms with van der Waals surface area (Å²) in [5.74, 6) is 1.86. The molecule has 70 heavy (non-hydrogen) atoms. The van der Waals surface area contributed by atoms with Gasteiger partial charge in [0.05, 0.1) is 22.1 Å². The largest absolute Gasteiger partial charge is 0.292 e. The number of imidazole rings is 2.